The molecule has 6 rings (SSSR count). The number of amides is 1. The molecule has 0 unspecified atom stereocenters. The van der Waals surface area contributed by atoms with E-state index in [-0.39, 0.29) is 5.91 Å². The summed E-state index contributed by atoms with van der Waals surface area (Å²) in [4.78, 5) is 22.5. The molecule has 5 fully saturated rings. The summed E-state index contributed by atoms with van der Waals surface area (Å²) in [5, 5.41) is 3.54. The Morgan fingerprint density at radius 3 is 2.21 bits per heavy atom. The van der Waals surface area contributed by atoms with Crippen molar-refractivity contribution in [1.82, 2.24) is 15.2 Å². The zero-order valence-electron chi connectivity index (χ0n) is 17.3. The van der Waals surface area contributed by atoms with Crippen LogP contribution in [0.4, 0.5) is 5.82 Å². The molecule has 1 amide bonds. The van der Waals surface area contributed by atoms with E-state index in [0.29, 0.717) is 6.04 Å². The monoisotopic (exact) mass is 382 g/mol. The Morgan fingerprint density at radius 1 is 1.00 bits per heavy atom. The Balaban J connectivity index is 1.20. The average Bonchev–Trinajstić information content (AvgIpc) is 2.71. The molecule has 0 spiro atoms. The normalized spacial score (nSPS) is 35.2. The molecule has 28 heavy (non-hydrogen) atoms. The van der Waals surface area contributed by atoms with Gasteiger partial charge in [0.15, 0.2) is 0 Å². The number of piperazine rings is 1. The predicted octanol–water partition coefficient (Wildman–Crippen LogP) is 2.92. The Labute approximate surface area is 168 Å². The highest BCUT2D eigenvalue weighted by atomic mass is 16.2. The molecule has 152 valence electrons. The summed E-state index contributed by atoms with van der Waals surface area (Å²) < 4.78 is 0. The third-order valence-corrected chi connectivity index (χ3v) is 8.12. The van der Waals surface area contributed by atoms with E-state index in [9.17, 15) is 4.79 Å². The quantitative estimate of drug-likeness (QED) is 0.870. The molecule has 4 saturated carbocycles. The first-order valence-corrected chi connectivity index (χ1v) is 11.2. The fourth-order valence-electron chi connectivity index (χ4n) is 6.67. The maximum absolute atomic E-state index is 13.3. The van der Waals surface area contributed by atoms with Crippen molar-refractivity contribution in [3.63, 3.8) is 0 Å². The number of hydrogen-bond acceptors (Lipinski definition) is 4. The van der Waals surface area contributed by atoms with Crippen molar-refractivity contribution < 1.29 is 4.79 Å². The lowest BCUT2D eigenvalue weighted by Gasteiger charge is -2.55. The van der Waals surface area contributed by atoms with E-state index >= 15 is 0 Å². The molecule has 1 saturated heterocycles. The molecule has 1 aromatic rings. The van der Waals surface area contributed by atoms with E-state index in [4.69, 9.17) is 0 Å². The summed E-state index contributed by atoms with van der Waals surface area (Å²) in [5.74, 6) is 4.63. The second-order valence-corrected chi connectivity index (χ2v) is 10.2. The Hall–Kier alpha value is -1.62. The topological polar surface area (TPSA) is 48.5 Å². The van der Waals surface area contributed by atoms with E-state index in [0.717, 1.165) is 55.7 Å². The van der Waals surface area contributed by atoms with Crippen LogP contribution in [0, 0.1) is 23.7 Å². The summed E-state index contributed by atoms with van der Waals surface area (Å²) in [7, 11) is 0. The second kappa shape index (κ2) is 7.01. The van der Waals surface area contributed by atoms with Crippen molar-refractivity contribution >= 4 is 11.7 Å². The third kappa shape index (κ3) is 3.22. The average molecular weight is 383 g/mol. The lowest BCUT2D eigenvalue weighted by molar-refractivity contribution is -0.136. The third-order valence-electron chi connectivity index (χ3n) is 8.12. The van der Waals surface area contributed by atoms with Crippen LogP contribution in [0.2, 0.25) is 0 Å². The first-order valence-electron chi connectivity index (χ1n) is 11.2. The molecular weight excluding hydrogens is 348 g/mol. The van der Waals surface area contributed by atoms with E-state index < -0.39 is 5.54 Å². The van der Waals surface area contributed by atoms with Crippen LogP contribution in [0.5, 0.6) is 0 Å². The summed E-state index contributed by atoms with van der Waals surface area (Å²) in [6.45, 7) is 7.86. The summed E-state index contributed by atoms with van der Waals surface area (Å²) in [6, 6.07) is 6.49. The van der Waals surface area contributed by atoms with Gasteiger partial charge in [-0.1, -0.05) is 6.07 Å². The predicted molar refractivity (Wildman–Crippen MR) is 111 cm³/mol. The van der Waals surface area contributed by atoms with Crippen LogP contribution >= 0.6 is 0 Å². The number of carbonyl (C=O) groups excluding carboxylic acids is 1. The number of rotatable bonds is 4. The molecule has 4 aliphatic carbocycles. The van der Waals surface area contributed by atoms with Gasteiger partial charge >= 0.3 is 0 Å². The number of aromatic nitrogens is 1. The Bertz CT molecular complexity index is 683. The van der Waals surface area contributed by atoms with Gasteiger partial charge in [0.1, 0.15) is 5.82 Å². The largest absolute Gasteiger partial charge is 0.354 e. The van der Waals surface area contributed by atoms with Gasteiger partial charge in [0.2, 0.25) is 5.91 Å². The maximum Gasteiger partial charge on any atom is 0.240 e. The summed E-state index contributed by atoms with van der Waals surface area (Å²) in [5.41, 5.74) is -0.454. The van der Waals surface area contributed by atoms with Gasteiger partial charge in [0.05, 0.1) is 5.54 Å². The molecule has 5 nitrogen and oxygen atoms in total. The minimum absolute atomic E-state index is 0.233. The van der Waals surface area contributed by atoms with Gasteiger partial charge in [-0.25, -0.2) is 4.98 Å². The fourth-order valence-corrected chi connectivity index (χ4v) is 6.67. The van der Waals surface area contributed by atoms with E-state index in [1.54, 1.807) is 0 Å². The van der Waals surface area contributed by atoms with Gasteiger partial charge in [-0.05, 0) is 81.8 Å². The summed E-state index contributed by atoms with van der Waals surface area (Å²) in [6.07, 6.45) is 8.70. The molecule has 1 aliphatic heterocycles. The molecule has 1 aromatic heterocycles. The van der Waals surface area contributed by atoms with Gasteiger partial charge in [-0.15, -0.1) is 0 Å². The van der Waals surface area contributed by atoms with Crippen LogP contribution < -0.4 is 10.2 Å². The van der Waals surface area contributed by atoms with Gasteiger partial charge in [-0.2, -0.15) is 0 Å². The number of nitrogens with zero attached hydrogens (tertiary/aromatic N) is 3. The minimum Gasteiger partial charge on any atom is -0.354 e. The Kier molecular flexibility index (Phi) is 4.61. The zero-order chi connectivity index (χ0) is 19.3. The van der Waals surface area contributed by atoms with Crippen molar-refractivity contribution in [2.24, 2.45) is 23.7 Å². The van der Waals surface area contributed by atoms with Crippen molar-refractivity contribution in [1.29, 1.82) is 0 Å². The van der Waals surface area contributed by atoms with Crippen molar-refractivity contribution in [2.45, 2.75) is 57.5 Å². The van der Waals surface area contributed by atoms with E-state index in [2.05, 4.69) is 40.0 Å². The molecule has 0 atom stereocenters. The zero-order valence-corrected chi connectivity index (χ0v) is 17.3. The van der Waals surface area contributed by atoms with Crippen molar-refractivity contribution in [3.05, 3.63) is 24.4 Å². The van der Waals surface area contributed by atoms with Crippen LogP contribution in [0.15, 0.2) is 24.4 Å². The molecule has 5 heteroatoms. The minimum atomic E-state index is -0.454. The molecular formula is C23H34N4O. The van der Waals surface area contributed by atoms with Gasteiger partial charge in [0, 0.05) is 38.4 Å². The van der Waals surface area contributed by atoms with E-state index in [1.165, 1.54) is 32.1 Å². The Morgan fingerprint density at radius 2 is 1.64 bits per heavy atom. The molecule has 0 radical (unpaired) electrons. The SMILES string of the molecule is CC(C)(C(=O)NC1C2CC3CC(C2)CC1C3)N1CCN(c2ccccn2)CC1. The first kappa shape index (κ1) is 18.4. The lowest BCUT2D eigenvalue weighted by Crippen LogP contribution is -2.64. The van der Waals surface area contributed by atoms with Gasteiger partial charge in [-0.3, -0.25) is 9.69 Å². The van der Waals surface area contributed by atoms with Crippen LogP contribution in [-0.4, -0.2) is 53.6 Å². The molecule has 1 N–H and O–H groups in total. The highest BCUT2D eigenvalue weighted by Crippen LogP contribution is 2.53. The smallest absolute Gasteiger partial charge is 0.240 e. The molecule has 4 bridgehead atoms. The van der Waals surface area contributed by atoms with E-state index in [1.807, 2.05) is 18.3 Å². The van der Waals surface area contributed by atoms with Crippen LogP contribution in [-0.2, 0) is 4.79 Å². The summed E-state index contributed by atoms with van der Waals surface area (Å²) >= 11 is 0. The second-order valence-electron chi connectivity index (χ2n) is 10.2. The lowest BCUT2D eigenvalue weighted by atomic mass is 9.54. The van der Waals surface area contributed by atoms with Crippen LogP contribution in [0.1, 0.15) is 46.0 Å². The number of anilines is 1. The van der Waals surface area contributed by atoms with Crippen molar-refractivity contribution in [3.8, 4) is 0 Å². The first-order chi connectivity index (χ1) is 13.5. The number of nitrogens with one attached hydrogen (secondary N) is 1. The molecule has 5 aliphatic rings. The molecule has 0 aromatic carbocycles. The van der Waals surface area contributed by atoms with Gasteiger partial charge < -0.3 is 10.2 Å². The fraction of sp³-hybridized carbons (Fsp3) is 0.739. The van der Waals surface area contributed by atoms with Gasteiger partial charge in [0.25, 0.3) is 0 Å². The highest BCUT2D eigenvalue weighted by molar-refractivity contribution is 5.85. The number of carbonyl (C=O) groups is 1. The highest BCUT2D eigenvalue weighted by Gasteiger charge is 2.49. The number of pyridine rings is 1. The number of hydrogen-bond donors (Lipinski definition) is 1. The standard InChI is InChI=1S/C23H34N4O/c1-23(2,27-9-7-26(8-10-27)20-5-3-4-6-24-20)22(28)25-21-18-12-16-11-17(14-18)15-19(21)13-16/h3-6,16-19,21H,7-15H2,1-2H3,(H,25,28). The van der Waals surface area contributed by atoms with Crippen LogP contribution in [0.3, 0.4) is 0 Å². The maximum atomic E-state index is 13.3. The van der Waals surface area contributed by atoms with Crippen molar-refractivity contribution in [2.75, 3.05) is 31.1 Å². The van der Waals surface area contributed by atoms with Crippen LogP contribution in [0.25, 0.3) is 0 Å². The molecule has 2 heterocycles.